The zero-order valence-corrected chi connectivity index (χ0v) is 23.0. The maximum Gasteiger partial charge on any atom is 0.0457 e. The molecule has 0 amide bonds. The van der Waals surface area contributed by atoms with E-state index >= 15 is 0 Å². The lowest BCUT2D eigenvalue weighted by molar-refractivity contribution is 0.555. The average molecular weight is 486 g/mol. The molecule has 0 spiro atoms. The molecule has 0 N–H and O–H groups in total. The zero-order valence-electron chi connectivity index (χ0n) is 23.0. The number of fused-ring (bicyclic) bond motifs is 3. The van der Waals surface area contributed by atoms with Crippen LogP contribution >= 0.6 is 0 Å². The van der Waals surface area contributed by atoms with Gasteiger partial charge >= 0.3 is 0 Å². The van der Waals surface area contributed by atoms with Gasteiger partial charge in [-0.2, -0.15) is 0 Å². The quantitative estimate of drug-likeness (QED) is 0.278. The molecule has 4 aromatic carbocycles. The van der Waals surface area contributed by atoms with Crippen LogP contribution in [0.2, 0.25) is 0 Å². The van der Waals surface area contributed by atoms with Gasteiger partial charge in [0.1, 0.15) is 0 Å². The van der Waals surface area contributed by atoms with Gasteiger partial charge in [-0.3, -0.25) is 0 Å². The fraction of sp³-hybridized carbons (Fsp3) is 0.333. The minimum absolute atomic E-state index is 0.0254. The minimum atomic E-state index is -0.0788. The molecule has 6 rings (SSSR count). The molecule has 0 heterocycles. The summed E-state index contributed by atoms with van der Waals surface area (Å²) in [5.41, 5.74) is 12.4. The van der Waals surface area contributed by atoms with Gasteiger partial charge in [0.05, 0.1) is 0 Å². The van der Waals surface area contributed by atoms with Gasteiger partial charge < -0.3 is 4.90 Å². The van der Waals surface area contributed by atoms with Crippen LogP contribution in [0, 0.1) is 0 Å². The number of hydrogen-bond donors (Lipinski definition) is 0. The molecule has 2 aliphatic rings. The summed E-state index contributed by atoms with van der Waals surface area (Å²) in [6, 6.07) is 34.1. The van der Waals surface area contributed by atoms with Crippen LogP contribution in [0.3, 0.4) is 0 Å². The van der Waals surface area contributed by atoms with Crippen molar-refractivity contribution in [3.8, 4) is 22.3 Å². The molecule has 0 aliphatic heterocycles. The van der Waals surface area contributed by atoms with Crippen LogP contribution in [0.25, 0.3) is 22.3 Å². The van der Waals surface area contributed by atoms with E-state index in [2.05, 4.69) is 131 Å². The highest BCUT2D eigenvalue weighted by Crippen LogP contribution is 2.53. The predicted molar refractivity (Wildman–Crippen MR) is 159 cm³/mol. The third-order valence-corrected chi connectivity index (χ3v) is 8.65. The summed E-state index contributed by atoms with van der Waals surface area (Å²) in [6.45, 7) is 11.9. The molecule has 0 bridgehead atoms. The molecular weight excluding hydrogens is 446 g/mol. The Morgan fingerprint density at radius 3 is 2.08 bits per heavy atom. The largest absolute Gasteiger partial charge is 0.336 e. The lowest BCUT2D eigenvalue weighted by Gasteiger charge is -2.40. The average Bonchev–Trinajstić information content (AvgIpc) is 3.50. The van der Waals surface area contributed by atoms with E-state index < -0.39 is 0 Å². The van der Waals surface area contributed by atoms with Crippen molar-refractivity contribution in [2.45, 2.75) is 77.2 Å². The molecule has 0 saturated heterocycles. The first-order valence-corrected chi connectivity index (χ1v) is 14.0. The van der Waals surface area contributed by atoms with Gasteiger partial charge in [-0.1, -0.05) is 99.5 Å². The van der Waals surface area contributed by atoms with Crippen molar-refractivity contribution < 1.29 is 0 Å². The molecular formula is C36H39N. The van der Waals surface area contributed by atoms with Crippen LogP contribution in [0.15, 0.2) is 91.0 Å². The third kappa shape index (κ3) is 4.09. The van der Waals surface area contributed by atoms with Crippen molar-refractivity contribution in [2.24, 2.45) is 0 Å². The Morgan fingerprint density at radius 1 is 0.676 bits per heavy atom. The Morgan fingerprint density at radius 2 is 1.35 bits per heavy atom. The Balaban J connectivity index is 1.58. The van der Waals surface area contributed by atoms with Crippen LogP contribution in [0.1, 0.15) is 82.9 Å². The van der Waals surface area contributed by atoms with Crippen LogP contribution in [0.5, 0.6) is 0 Å². The van der Waals surface area contributed by atoms with E-state index in [1.807, 2.05) is 0 Å². The van der Waals surface area contributed by atoms with Crippen LogP contribution < -0.4 is 4.90 Å². The Bertz CT molecular complexity index is 1430. The van der Waals surface area contributed by atoms with Gasteiger partial charge in [0, 0.05) is 22.3 Å². The lowest BCUT2D eigenvalue weighted by atomic mass is 9.80. The Kier molecular flexibility index (Phi) is 5.79. The first-order valence-electron chi connectivity index (χ1n) is 14.0. The molecule has 37 heavy (non-hydrogen) atoms. The van der Waals surface area contributed by atoms with E-state index in [1.54, 1.807) is 0 Å². The van der Waals surface area contributed by atoms with Gasteiger partial charge in [0.15, 0.2) is 0 Å². The Labute approximate surface area is 223 Å². The van der Waals surface area contributed by atoms with Gasteiger partial charge in [-0.05, 0) is 96.7 Å². The first kappa shape index (κ1) is 24.0. The van der Waals surface area contributed by atoms with Gasteiger partial charge in [-0.25, -0.2) is 0 Å². The molecule has 1 heteroatoms. The van der Waals surface area contributed by atoms with Crippen molar-refractivity contribution >= 4 is 11.4 Å². The summed E-state index contributed by atoms with van der Waals surface area (Å²) in [5, 5.41) is 0. The minimum Gasteiger partial charge on any atom is -0.336 e. The van der Waals surface area contributed by atoms with Gasteiger partial charge in [0.25, 0.3) is 0 Å². The molecule has 0 atom stereocenters. The van der Waals surface area contributed by atoms with Crippen LogP contribution in [-0.2, 0) is 5.41 Å². The predicted octanol–water partition coefficient (Wildman–Crippen LogP) is 10.3. The maximum absolute atomic E-state index is 2.61. The van der Waals surface area contributed by atoms with Crippen molar-refractivity contribution in [1.29, 1.82) is 0 Å². The molecule has 4 aromatic rings. The highest BCUT2D eigenvalue weighted by molar-refractivity contribution is 5.86. The standard InChI is InChI=1S/C36H39N/c1-35(2,3)37(28-19-13-18-27(22-28)25-14-7-6-8-15-25)34-24-31-29-20-11-12-21-32(29)36(4,5)33(31)23-30(34)26-16-9-10-17-26/h6-8,11-15,18-24,26H,9-10,16-17H2,1-5H3. The summed E-state index contributed by atoms with van der Waals surface area (Å²) < 4.78 is 0. The van der Waals surface area contributed by atoms with Crippen LogP contribution in [0.4, 0.5) is 11.4 Å². The van der Waals surface area contributed by atoms with Crippen molar-refractivity contribution in [2.75, 3.05) is 4.90 Å². The molecule has 2 aliphatic carbocycles. The third-order valence-electron chi connectivity index (χ3n) is 8.65. The van der Waals surface area contributed by atoms with Crippen molar-refractivity contribution in [3.63, 3.8) is 0 Å². The van der Waals surface area contributed by atoms with Gasteiger partial charge in [0.2, 0.25) is 0 Å². The number of rotatable bonds is 4. The summed E-state index contributed by atoms with van der Waals surface area (Å²) in [7, 11) is 0. The van der Waals surface area contributed by atoms with E-state index in [0.717, 1.165) is 0 Å². The highest BCUT2D eigenvalue weighted by atomic mass is 15.2. The monoisotopic (exact) mass is 485 g/mol. The number of nitrogens with zero attached hydrogens (tertiary/aromatic N) is 1. The van der Waals surface area contributed by atoms with E-state index in [-0.39, 0.29) is 11.0 Å². The van der Waals surface area contributed by atoms with Gasteiger partial charge in [-0.15, -0.1) is 0 Å². The molecule has 1 saturated carbocycles. The smallest absolute Gasteiger partial charge is 0.0457 e. The summed E-state index contributed by atoms with van der Waals surface area (Å²) in [4.78, 5) is 2.61. The molecule has 1 fully saturated rings. The molecule has 0 aromatic heterocycles. The summed E-state index contributed by atoms with van der Waals surface area (Å²) in [5.74, 6) is 0.627. The Hall–Kier alpha value is -3.32. The SMILES string of the molecule is CC1(C)c2ccccc2-c2cc(N(c3cccc(-c4ccccc4)c3)C(C)(C)C)c(C3CCCC3)cc21. The zero-order chi connectivity index (χ0) is 25.8. The van der Waals surface area contributed by atoms with E-state index in [1.165, 1.54) is 76.0 Å². The number of anilines is 2. The first-order chi connectivity index (χ1) is 17.7. The van der Waals surface area contributed by atoms with Crippen LogP contribution in [-0.4, -0.2) is 5.54 Å². The van der Waals surface area contributed by atoms with E-state index in [9.17, 15) is 0 Å². The molecule has 188 valence electrons. The van der Waals surface area contributed by atoms with Crippen molar-refractivity contribution in [3.05, 3.63) is 108 Å². The number of benzene rings is 4. The number of hydrogen-bond acceptors (Lipinski definition) is 1. The second kappa shape index (κ2) is 8.91. The molecule has 0 unspecified atom stereocenters. The lowest BCUT2D eigenvalue weighted by Crippen LogP contribution is -2.38. The van der Waals surface area contributed by atoms with Crippen molar-refractivity contribution in [1.82, 2.24) is 0 Å². The second-order valence-corrected chi connectivity index (χ2v) is 12.5. The maximum atomic E-state index is 2.61. The highest BCUT2D eigenvalue weighted by Gasteiger charge is 2.38. The molecule has 1 nitrogen and oxygen atoms in total. The van der Waals surface area contributed by atoms with E-state index in [0.29, 0.717) is 5.92 Å². The fourth-order valence-electron chi connectivity index (χ4n) is 6.85. The van der Waals surface area contributed by atoms with E-state index in [4.69, 9.17) is 0 Å². The summed E-state index contributed by atoms with van der Waals surface area (Å²) >= 11 is 0. The fourth-order valence-corrected chi connectivity index (χ4v) is 6.85. The molecule has 0 radical (unpaired) electrons. The second-order valence-electron chi connectivity index (χ2n) is 12.5. The summed E-state index contributed by atoms with van der Waals surface area (Å²) in [6.07, 6.45) is 5.26. The topological polar surface area (TPSA) is 3.24 Å². The normalized spacial score (nSPS) is 16.5.